The Morgan fingerprint density at radius 1 is 0.848 bits per heavy atom. The van der Waals surface area contributed by atoms with Crippen molar-refractivity contribution in [2.75, 3.05) is 26.1 Å². The van der Waals surface area contributed by atoms with Crippen LogP contribution in [0.25, 0.3) is 0 Å². The van der Waals surface area contributed by atoms with Gasteiger partial charge in [0.1, 0.15) is 18.0 Å². The topological polar surface area (TPSA) is 103 Å². The molecule has 0 radical (unpaired) electrons. The van der Waals surface area contributed by atoms with E-state index in [4.69, 9.17) is 14.2 Å². The molecule has 0 bridgehead atoms. The fourth-order valence-electron chi connectivity index (χ4n) is 3.03. The van der Waals surface area contributed by atoms with Crippen molar-refractivity contribution in [3.8, 4) is 11.5 Å². The third-order valence-electron chi connectivity index (χ3n) is 4.68. The van der Waals surface area contributed by atoms with Crippen LogP contribution in [0.3, 0.4) is 0 Å². The van der Waals surface area contributed by atoms with E-state index in [-0.39, 0.29) is 0 Å². The Hall–Kier alpha value is -4.33. The van der Waals surface area contributed by atoms with Crippen molar-refractivity contribution in [3.05, 3.63) is 90.0 Å². The second-order valence-electron chi connectivity index (χ2n) is 6.88. The molecule has 33 heavy (non-hydrogen) atoms. The number of ether oxygens (including phenoxy) is 3. The first-order valence-electron chi connectivity index (χ1n) is 10.1. The third kappa shape index (κ3) is 6.33. The van der Waals surface area contributed by atoms with E-state index in [1.165, 1.54) is 14.2 Å². The van der Waals surface area contributed by atoms with E-state index in [0.29, 0.717) is 28.3 Å². The van der Waals surface area contributed by atoms with Gasteiger partial charge in [0.25, 0.3) is 11.8 Å². The molecule has 2 N–H and O–H groups in total. The maximum Gasteiger partial charge on any atom is 0.326 e. The van der Waals surface area contributed by atoms with Crippen LogP contribution in [-0.4, -0.2) is 38.5 Å². The fraction of sp³-hybridized carbons (Fsp3) is 0.160. The minimum Gasteiger partial charge on any atom is -0.497 e. The Morgan fingerprint density at radius 3 is 2.15 bits per heavy atom. The number of esters is 1. The van der Waals surface area contributed by atoms with Crippen LogP contribution in [0.5, 0.6) is 11.5 Å². The number of carbonyl (C=O) groups is 3. The van der Waals surface area contributed by atoms with Crippen LogP contribution in [0.1, 0.15) is 22.0 Å². The summed E-state index contributed by atoms with van der Waals surface area (Å²) in [4.78, 5) is 37.8. The fourth-order valence-corrected chi connectivity index (χ4v) is 3.03. The van der Waals surface area contributed by atoms with E-state index in [2.05, 4.69) is 10.6 Å². The van der Waals surface area contributed by atoms with Gasteiger partial charge in [0.15, 0.2) is 0 Å². The van der Waals surface area contributed by atoms with Gasteiger partial charge in [-0.05, 0) is 24.3 Å². The number of carbonyl (C=O) groups excluding carboxylic acids is 3. The van der Waals surface area contributed by atoms with Crippen LogP contribution in [0.15, 0.2) is 78.9 Å². The Bertz CT molecular complexity index is 1100. The van der Waals surface area contributed by atoms with Crippen LogP contribution in [0.4, 0.5) is 5.69 Å². The molecule has 0 saturated carbocycles. The summed E-state index contributed by atoms with van der Waals surface area (Å²) in [7, 11) is 2.98. The van der Waals surface area contributed by atoms with Gasteiger partial charge >= 0.3 is 5.97 Å². The molecular formula is C25H24N2O6. The summed E-state index contributed by atoms with van der Waals surface area (Å²) in [5, 5.41) is 5.22. The van der Waals surface area contributed by atoms with Gasteiger partial charge in [0.2, 0.25) is 6.10 Å². The molecule has 170 valence electrons. The maximum absolute atomic E-state index is 13.1. The Labute approximate surface area is 191 Å². The quantitative estimate of drug-likeness (QED) is 0.487. The number of hydrogen-bond donors (Lipinski definition) is 2. The highest BCUT2D eigenvalue weighted by atomic mass is 16.5. The molecule has 1 unspecified atom stereocenters. The van der Waals surface area contributed by atoms with Gasteiger partial charge in [-0.15, -0.1) is 0 Å². The van der Waals surface area contributed by atoms with Gasteiger partial charge in [-0.1, -0.05) is 48.5 Å². The first-order valence-corrected chi connectivity index (χ1v) is 10.1. The van der Waals surface area contributed by atoms with E-state index < -0.39 is 30.4 Å². The minimum atomic E-state index is -1.25. The Morgan fingerprint density at radius 2 is 1.52 bits per heavy atom. The van der Waals surface area contributed by atoms with Crippen molar-refractivity contribution < 1.29 is 28.6 Å². The molecule has 0 heterocycles. The Balaban J connectivity index is 1.73. The molecule has 3 rings (SSSR count). The standard InChI is InChI=1S/C25H24N2O6/c1-31-19-13-14-21(32-2)20(15-19)27-25(30)23(17-9-5-3-6-10-17)33-22(28)16-26-24(29)18-11-7-4-8-12-18/h3-15,23H,16H2,1-2H3,(H,26,29)(H,27,30). The monoisotopic (exact) mass is 448 g/mol. The second kappa shape index (κ2) is 11.3. The molecule has 0 fully saturated rings. The summed E-state index contributed by atoms with van der Waals surface area (Å²) >= 11 is 0. The van der Waals surface area contributed by atoms with Gasteiger partial charge in [0.05, 0.1) is 19.9 Å². The zero-order valence-corrected chi connectivity index (χ0v) is 18.2. The zero-order valence-electron chi connectivity index (χ0n) is 18.2. The lowest BCUT2D eigenvalue weighted by Gasteiger charge is -2.19. The predicted molar refractivity (Wildman–Crippen MR) is 122 cm³/mol. The number of amides is 2. The van der Waals surface area contributed by atoms with Gasteiger partial charge in [-0.3, -0.25) is 14.4 Å². The molecule has 8 nitrogen and oxygen atoms in total. The van der Waals surface area contributed by atoms with Gasteiger partial charge in [0, 0.05) is 17.2 Å². The van der Waals surface area contributed by atoms with Crippen LogP contribution in [0, 0.1) is 0 Å². The van der Waals surface area contributed by atoms with Crippen molar-refractivity contribution in [1.82, 2.24) is 5.32 Å². The summed E-state index contributed by atoms with van der Waals surface area (Å²) in [6.07, 6.45) is -1.25. The summed E-state index contributed by atoms with van der Waals surface area (Å²) in [5.74, 6) is -0.842. The van der Waals surface area contributed by atoms with E-state index in [0.717, 1.165) is 0 Å². The van der Waals surface area contributed by atoms with Crippen LogP contribution >= 0.6 is 0 Å². The van der Waals surface area contributed by atoms with Crippen molar-refractivity contribution in [1.29, 1.82) is 0 Å². The number of rotatable bonds is 9. The van der Waals surface area contributed by atoms with Crippen molar-refractivity contribution in [2.24, 2.45) is 0 Å². The Kier molecular flexibility index (Phi) is 8.02. The number of benzene rings is 3. The molecule has 0 aliphatic heterocycles. The highest BCUT2D eigenvalue weighted by molar-refractivity contribution is 5.98. The highest BCUT2D eigenvalue weighted by Gasteiger charge is 2.26. The molecule has 0 aliphatic carbocycles. The molecule has 2 amide bonds. The van der Waals surface area contributed by atoms with Crippen LogP contribution in [-0.2, 0) is 14.3 Å². The van der Waals surface area contributed by atoms with Gasteiger partial charge < -0.3 is 24.8 Å². The number of methoxy groups -OCH3 is 2. The SMILES string of the molecule is COc1ccc(OC)c(NC(=O)C(OC(=O)CNC(=O)c2ccccc2)c2ccccc2)c1. The largest absolute Gasteiger partial charge is 0.497 e. The highest BCUT2D eigenvalue weighted by Crippen LogP contribution is 2.30. The summed E-state index contributed by atoms with van der Waals surface area (Å²) in [6.45, 7) is -0.396. The van der Waals surface area contributed by atoms with Gasteiger partial charge in [-0.2, -0.15) is 0 Å². The average Bonchev–Trinajstić information content (AvgIpc) is 2.86. The lowest BCUT2D eigenvalue weighted by atomic mass is 10.1. The van der Waals surface area contributed by atoms with E-state index >= 15 is 0 Å². The molecule has 3 aromatic carbocycles. The summed E-state index contributed by atoms with van der Waals surface area (Å²) in [5.41, 5.74) is 1.24. The molecule has 8 heteroatoms. The number of hydrogen-bond acceptors (Lipinski definition) is 6. The van der Waals surface area contributed by atoms with Crippen LogP contribution < -0.4 is 20.1 Å². The maximum atomic E-state index is 13.1. The lowest BCUT2D eigenvalue weighted by molar-refractivity contribution is -0.153. The van der Waals surface area contributed by atoms with Crippen molar-refractivity contribution >= 4 is 23.5 Å². The average molecular weight is 448 g/mol. The molecule has 0 spiro atoms. The number of anilines is 1. The molecule has 0 saturated heterocycles. The first-order chi connectivity index (χ1) is 16.0. The number of nitrogens with one attached hydrogen (secondary N) is 2. The van der Waals surface area contributed by atoms with E-state index in [1.807, 2.05) is 0 Å². The van der Waals surface area contributed by atoms with Crippen molar-refractivity contribution in [2.45, 2.75) is 6.10 Å². The molecular weight excluding hydrogens is 424 g/mol. The van der Waals surface area contributed by atoms with Crippen LogP contribution in [0.2, 0.25) is 0 Å². The second-order valence-corrected chi connectivity index (χ2v) is 6.88. The van der Waals surface area contributed by atoms with Crippen molar-refractivity contribution in [3.63, 3.8) is 0 Å². The molecule has 0 aromatic heterocycles. The van der Waals surface area contributed by atoms with Gasteiger partial charge in [-0.25, -0.2) is 0 Å². The normalized spacial score (nSPS) is 11.1. The van der Waals surface area contributed by atoms with E-state index in [9.17, 15) is 14.4 Å². The lowest BCUT2D eigenvalue weighted by Crippen LogP contribution is -2.33. The third-order valence-corrected chi connectivity index (χ3v) is 4.68. The first kappa shape index (κ1) is 23.3. The molecule has 1 atom stereocenters. The summed E-state index contributed by atoms with van der Waals surface area (Å²) in [6, 6.07) is 22.0. The molecule has 3 aromatic rings. The van der Waals surface area contributed by atoms with E-state index in [1.54, 1.807) is 78.9 Å². The predicted octanol–water partition coefficient (Wildman–Crippen LogP) is 3.36. The molecule has 0 aliphatic rings. The minimum absolute atomic E-state index is 0.358. The summed E-state index contributed by atoms with van der Waals surface area (Å²) < 4.78 is 15.9. The zero-order chi connectivity index (χ0) is 23.6. The smallest absolute Gasteiger partial charge is 0.326 e.